The highest BCUT2D eigenvalue weighted by molar-refractivity contribution is 6.00. The normalized spacial score (nSPS) is 19.5. The first-order valence-electron chi connectivity index (χ1n) is 7.16. The lowest BCUT2D eigenvalue weighted by atomic mass is 10.1. The monoisotopic (exact) mass is 277 g/mol. The number of nitrogens with two attached hydrogens (primary N) is 1. The zero-order chi connectivity index (χ0) is 14.5. The maximum Gasteiger partial charge on any atom is 0.253 e. The summed E-state index contributed by atoms with van der Waals surface area (Å²) >= 11 is 0. The van der Waals surface area contributed by atoms with Crippen LogP contribution < -0.4 is 16.0 Å². The Morgan fingerprint density at radius 3 is 3.10 bits per heavy atom. The van der Waals surface area contributed by atoms with Crippen molar-refractivity contribution in [3.63, 3.8) is 0 Å². The molecule has 1 atom stereocenters. The lowest BCUT2D eigenvalue weighted by Crippen LogP contribution is -2.33. The van der Waals surface area contributed by atoms with Crippen LogP contribution in [0.2, 0.25) is 0 Å². The maximum atomic E-state index is 12.2. The van der Waals surface area contributed by atoms with Crippen LogP contribution in [0.3, 0.4) is 0 Å². The van der Waals surface area contributed by atoms with E-state index in [2.05, 4.69) is 17.1 Å². The Morgan fingerprint density at radius 2 is 2.35 bits per heavy atom. The zero-order valence-corrected chi connectivity index (χ0v) is 12.2. The van der Waals surface area contributed by atoms with Gasteiger partial charge in [0.2, 0.25) is 0 Å². The van der Waals surface area contributed by atoms with Gasteiger partial charge in [-0.05, 0) is 38.5 Å². The van der Waals surface area contributed by atoms with Crippen LogP contribution in [-0.2, 0) is 4.74 Å². The van der Waals surface area contributed by atoms with E-state index in [1.807, 2.05) is 13.0 Å². The van der Waals surface area contributed by atoms with Crippen molar-refractivity contribution in [3.8, 4) is 0 Å². The number of nitrogens with one attached hydrogen (secondary N) is 1. The van der Waals surface area contributed by atoms with Gasteiger partial charge in [-0.3, -0.25) is 4.79 Å². The molecule has 0 radical (unpaired) electrons. The van der Waals surface area contributed by atoms with E-state index in [1.165, 1.54) is 0 Å². The first kappa shape index (κ1) is 14.7. The molecule has 0 spiro atoms. The number of carbonyl (C=O) groups is 1. The Bertz CT molecular complexity index is 476. The molecule has 1 heterocycles. The highest BCUT2D eigenvalue weighted by Crippen LogP contribution is 2.25. The van der Waals surface area contributed by atoms with Crippen molar-refractivity contribution >= 4 is 17.3 Å². The van der Waals surface area contributed by atoms with Gasteiger partial charge in [0, 0.05) is 31.9 Å². The topological polar surface area (TPSA) is 67.6 Å². The Hall–Kier alpha value is -1.75. The quantitative estimate of drug-likeness (QED) is 0.824. The van der Waals surface area contributed by atoms with Gasteiger partial charge in [0.15, 0.2) is 0 Å². The number of carbonyl (C=O) groups excluding carboxylic acids is 1. The number of amides is 1. The number of hydrogen-bond acceptors (Lipinski definition) is 4. The van der Waals surface area contributed by atoms with Crippen LogP contribution in [0, 0.1) is 0 Å². The van der Waals surface area contributed by atoms with Crippen molar-refractivity contribution in [2.45, 2.75) is 26.4 Å². The summed E-state index contributed by atoms with van der Waals surface area (Å²) in [5, 5.41) is 2.85. The predicted octanol–water partition coefficient (Wildman–Crippen LogP) is 1.63. The van der Waals surface area contributed by atoms with E-state index in [9.17, 15) is 4.79 Å². The van der Waals surface area contributed by atoms with E-state index in [1.54, 1.807) is 12.1 Å². The minimum absolute atomic E-state index is 0.0553. The maximum absolute atomic E-state index is 12.2. The average Bonchev–Trinajstić information content (AvgIpc) is 2.63. The molecule has 1 aromatic carbocycles. The van der Waals surface area contributed by atoms with Crippen LogP contribution >= 0.6 is 0 Å². The SMILES string of the molecule is CCNC(=O)c1ccc(N)cc1N1CCCOC(C)C1. The molecule has 0 aliphatic carbocycles. The summed E-state index contributed by atoms with van der Waals surface area (Å²) in [5.74, 6) is -0.0553. The second kappa shape index (κ2) is 6.61. The summed E-state index contributed by atoms with van der Waals surface area (Å²) < 4.78 is 5.66. The third-order valence-corrected chi connectivity index (χ3v) is 3.40. The fourth-order valence-electron chi connectivity index (χ4n) is 2.47. The number of nitrogens with zero attached hydrogens (tertiary/aromatic N) is 1. The van der Waals surface area contributed by atoms with Crippen molar-refractivity contribution in [2.75, 3.05) is 36.9 Å². The lowest BCUT2D eigenvalue weighted by Gasteiger charge is -2.26. The van der Waals surface area contributed by atoms with Crippen molar-refractivity contribution in [1.82, 2.24) is 5.32 Å². The van der Waals surface area contributed by atoms with Gasteiger partial charge in [-0.15, -0.1) is 0 Å². The van der Waals surface area contributed by atoms with E-state index < -0.39 is 0 Å². The van der Waals surface area contributed by atoms with Crippen LogP contribution in [-0.4, -0.2) is 38.3 Å². The number of anilines is 2. The van der Waals surface area contributed by atoms with E-state index in [0.717, 1.165) is 31.8 Å². The van der Waals surface area contributed by atoms with Gasteiger partial charge in [0.05, 0.1) is 17.4 Å². The van der Waals surface area contributed by atoms with Gasteiger partial charge in [-0.25, -0.2) is 0 Å². The van der Waals surface area contributed by atoms with Crippen LogP contribution in [0.15, 0.2) is 18.2 Å². The fourth-order valence-corrected chi connectivity index (χ4v) is 2.47. The average molecular weight is 277 g/mol. The first-order chi connectivity index (χ1) is 9.61. The fraction of sp³-hybridized carbons (Fsp3) is 0.533. The second-order valence-corrected chi connectivity index (χ2v) is 5.12. The smallest absolute Gasteiger partial charge is 0.253 e. The summed E-state index contributed by atoms with van der Waals surface area (Å²) in [6.07, 6.45) is 1.11. The molecule has 110 valence electrons. The molecule has 1 saturated heterocycles. The van der Waals surface area contributed by atoms with Crippen LogP contribution in [0.5, 0.6) is 0 Å². The molecule has 1 unspecified atom stereocenters. The molecule has 1 aliphatic heterocycles. The Morgan fingerprint density at radius 1 is 1.55 bits per heavy atom. The van der Waals surface area contributed by atoms with E-state index >= 15 is 0 Å². The molecule has 1 amide bonds. The summed E-state index contributed by atoms with van der Waals surface area (Å²) in [6, 6.07) is 5.44. The predicted molar refractivity (Wildman–Crippen MR) is 81.1 cm³/mol. The molecule has 1 fully saturated rings. The number of rotatable bonds is 3. The third-order valence-electron chi connectivity index (χ3n) is 3.40. The first-order valence-corrected chi connectivity index (χ1v) is 7.16. The van der Waals surface area contributed by atoms with Crippen molar-refractivity contribution in [3.05, 3.63) is 23.8 Å². The molecule has 2 rings (SSSR count). The molecular weight excluding hydrogens is 254 g/mol. The van der Waals surface area contributed by atoms with Crippen LogP contribution in [0.4, 0.5) is 11.4 Å². The molecule has 1 aliphatic rings. The second-order valence-electron chi connectivity index (χ2n) is 5.12. The lowest BCUT2D eigenvalue weighted by molar-refractivity contribution is 0.0820. The highest BCUT2D eigenvalue weighted by Gasteiger charge is 2.20. The summed E-state index contributed by atoms with van der Waals surface area (Å²) in [4.78, 5) is 14.4. The summed E-state index contributed by atoms with van der Waals surface area (Å²) in [5.41, 5.74) is 8.14. The van der Waals surface area contributed by atoms with Crippen molar-refractivity contribution in [1.29, 1.82) is 0 Å². The minimum Gasteiger partial charge on any atom is -0.399 e. The van der Waals surface area contributed by atoms with Gasteiger partial charge in [-0.2, -0.15) is 0 Å². The van der Waals surface area contributed by atoms with Crippen molar-refractivity contribution in [2.24, 2.45) is 0 Å². The molecule has 1 aromatic rings. The van der Waals surface area contributed by atoms with Crippen LogP contribution in [0.1, 0.15) is 30.6 Å². The minimum atomic E-state index is -0.0553. The molecule has 5 heteroatoms. The van der Waals surface area contributed by atoms with Gasteiger partial charge >= 0.3 is 0 Å². The van der Waals surface area contributed by atoms with E-state index in [0.29, 0.717) is 17.8 Å². The number of ether oxygens (including phenoxy) is 1. The highest BCUT2D eigenvalue weighted by atomic mass is 16.5. The molecule has 3 N–H and O–H groups in total. The number of hydrogen-bond donors (Lipinski definition) is 2. The van der Waals surface area contributed by atoms with Gasteiger partial charge in [-0.1, -0.05) is 0 Å². The molecule has 20 heavy (non-hydrogen) atoms. The summed E-state index contributed by atoms with van der Waals surface area (Å²) in [7, 11) is 0. The van der Waals surface area contributed by atoms with E-state index in [4.69, 9.17) is 10.5 Å². The van der Waals surface area contributed by atoms with E-state index in [-0.39, 0.29) is 12.0 Å². The molecular formula is C15H23N3O2. The molecule has 5 nitrogen and oxygen atoms in total. The van der Waals surface area contributed by atoms with Crippen molar-refractivity contribution < 1.29 is 9.53 Å². The number of benzene rings is 1. The third kappa shape index (κ3) is 3.42. The molecule has 0 aromatic heterocycles. The standard InChI is InChI=1S/C15H23N3O2/c1-3-17-15(19)13-6-5-12(16)9-14(13)18-7-4-8-20-11(2)10-18/h5-6,9,11H,3-4,7-8,10,16H2,1-2H3,(H,17,19). The van der Waals surface area contributed by atoms with Gasteiger partial charge in [0.1, 0.15) is 0 Å². The van der Waals surface area contributed by atoms with Gasteiger partial charge < -0.3 is 20.7 Å². The Kier molecular flexibility index (Phi) is 4.84. The Balaban J connectivity index is 2.32. The zero-order valence-electron chi connectivity index (χ0n) is 12.2. The molecule has 0 bridgehead atoms. The largest absolute Gasteiger partial charge is 0.399 e. The van der Waals surface area contributed by atoms with Gasteiger partial charge in [0.25, 0.3) is 5.91 Å². The molecule has 0 saturated carbocycles. The summed E-state index contributed by atoms with van der Waals surface area (Å²) in [6.45, 7) is 6.99. The number of nitrogen functional groups attached to an aromatic ring is 1. The Labute approximate surface area is 120 Å². The van der Waals surface area contributed by atoms with Crippen LogP contribution in [0.25, 0.3) is 0 Å².